The lowest BCUT2D eigenvalue weighted by Crippen LogP contribution is -2.00. The molecule has 0 aliphatic carbocycles. The number of benzene rings is 1. The van der Waals surface area contributed by atoms with Crippen LogP contribution in [0.3, 0.4) is 0 Å². The Bertz CT molecular complexity index is 596. The highest BCUT2D eigenvalue weighted by atomic mass is 16.5. The summed E-state index contributed by atoms with van der Waals surface area (Å²) in [7, 11) is 0. The van der Waals surface area contributed by atoms with Gasteiger partial charge in [-0.2, -0.15) is 5.26 Å². The zero-order valence-electron chi connectivity index (χ0n) is 9.60. The molecule has 2 aromatic rings. The molecule has 17 heavy (non-hydrogen) atoms. The first kappa shape index (κ1) is 10.3. The largest absolute Gasteiger partial charge is 0.378 e. The van der Waals surface area contributed by atoms with E-state index in [2.05, 4.69) is 23.0 Å². The lowest BCUT2D eigenvalue weighted by molar-refractivity contribution is 0.123. The number of para-hydroxylation sites is 1. The summed E-state index contributed by atoms with van der Waals surface area (Å²) in [5.74, 6) is 1.26. The van der Waals surface area contributed by atoms with Crippen LogP contribution in [-0.4, -0.2) is 22.7 Å². The maximum absolute atomic E-state index is 9.02. The number of nitrogens with zero attached hydrogens (tertiary/aromatic N) is 2. The van der Waals surface area contributed by atoms with Gasteiger partial charge >= 0.3 is 0 Å². The van der Waals surface area contributed by atoms with Crippen molar-refractivity contribution in [3.63, 3.8) is 0 Å². The zero-order chi connectivity index (χ0) is 11.8. The number of ether oxygens (including phenoxy) is 1. The van der Waals surface area contributed by atoms with E-state index in [0.29, 0.717) is 24.2 Å². The van der Waals surface area contributed by atoms with E-state index in [1.807, 2.05) is 12.1 Å². The highest BCUT2D eigenvalue weighted by Crippen LogP contribution is 2.29. The van der Waals surface area contributed by atoms with Gasteiger partial charge in [0.05, 0.1) is 23.8 Å². The molecule has 3 rings (SSSR count). The van der Waals surface area contributed by atoms with Gasteiger partial charge in [-0.05, 0) is 25.5 Å². The van der Waals surface area contributed by atoms with E-state index in [4.69, 9.17) is 10.00 Å². The topological polar surface area (TPSA) is 61.7 Å². The summed E-state index contributed by atoms with van der Waals surface area (Å²) in [5, 5.41) is 9.02. The van der Waals surface area contributed by atoms with E-state index >= 15 is 0 Å². The number of hydrogen-bond acceptors (Lipinski definition) is 3. The van der Waals surface area contributed by atoms with Crippen molar-refractivity contribution in [2.24, 2.45) is 0 Å². The van der Waals surface area contributed by atoms with Gasteiger partial charge < -0.3 is 9.72 Å². The second-order valence-electron chi connectivity index (χ2n) is 4.51. The van der Waals surface area contributed by atoms with Gasteiger partial charge in [-0.15, -0.1) is 0 Å². The molecule has 2 heterocycles. The Hall–Kier alpha value is -1.86. The van der Waals surface area contributed by atoms with Gasteiger partial charge in [0.1, 0.15) is 17.4 Å². The van der Waals surface area contributed by atoms with Crippen molar-refractivity contribution in [3.8, 4) is 6.07 Å². The van der Waals surface area contributed by atoms with Crippen molar-refractivity contribution < 1.29 is 4.74 Å². The minimum atomic E-state index is 0.295. The van der Waals surface area contributed by atoms with Crippen LogP contribution in [0.15, 0.2) is 18.2 Å². The van der Waals surface area contributed by atoms with Crippen molar-refractivity contribution in [1.82, 2.24) is 9.97 Å². The van der Waals surface area contributed by atoms with Crippen LogP contribution in [0.4, 0.5) is 0 Å². The SMILES string of the molecule is CC1CC(c2nc3c(C#N)cccc3[nH]2)CO1. The maximum Gasteiger partial charge on any atom is 0.112 e. The molecule has 1 aromatic carbocycles. The Morgan fingerprint density at radius 3 is 3.12 bits per heavy atom. The highest BCUT2D eigenvalue weighted by molar-refractivity contribution is 5.81. The molecule has 4 nitrogen and oxygen atoms in total. The third kappa shape index (κ3) is 1.69. The van der Waals surface area contributed by atoms with Gasteiger partial charge in [0.2, 0.25) is 0 Å². The van der Waals surface area contributed by atoms with E-state index in [1.54, 1.807) is 6.07 Å². The molecular formula is C13H13N3O. The monoisotopic (exact) mass is 227 g/mol. The molecule has 1 fully saturated rings. The number of imidazole rings is 1. The molecule has 0 saturated carbocycles. The minimum Gasteiger partial charge on any atom is -0.378 e. The van der Waals surface area contributed by atoms with Gasteiger partial charge in [0, 0.05) is 5.92 Å². The second kappa shape index (κ2) is 3.86. The number of nitrogens with one attached hydrogen (secondary N) is 1. The Kier molecular flexibility index (Phi) is 2.34. The van der Waals surface area contributed by atoms with Crippen LogP contribution in [-0.2, 0) is 4.74 Å². The van der Waals surface area contributed by atoms with Gasteiger partial charge in [0.15, 0.2) is 0 Å². The number of rotatable bonds is 1. The molecular weight excluding hydrogens is 214 g/mol. The van der Waals surface area contributed by atoms with Gasteiger partial charge in [-0.3, -0.25) is 0 Å². The number of aromatic nitrogens is 2. The van der Waals surface area contributed by atoms with Crippen molar-refractivity contribution in [3.05, 3.63) is 29.6 Å². The van der Waals surface area contributed by atoms with E-state index in [0.717, 1.165) is 23.3 Å². The van der Waals surface area contributed by atoms with Crippen molar-refractivity contribution >= 4 is 11.0 Å². The predicted molar refractivity (Wildman–Crippen MR) is 63.6 cm³/mol. The molecule has 0 radical (unpaired) electrons. The minimum absolute atomic E-state index is 0.295. The molecule has 1 aromatic heterocycles. The molecule has 1 saturated heterocycles. The number of aromatic amines is 1. The number of fused-ring (bicyclic) bond motifs is 1. The lowest BCUT2D eigenvalue weighted by Gasteiger charge is -2.01. The molecule has 4 heteroatoms. The van der Waals surface area contributed by atoms with E-state index < -0.39 is 0 Å². The summed E-state index contributed by atoms with van der Waals surface area (Å²) < 4.78 is 5.55. The number of H-pyrrole nitrogens is 1. The average Bonchev–Trinajstić information content (AvgIpc) is 2.93. The van der Waals surface area contributed by atoms with Crippen LogP contribution in [0.2, 0.25) is 0 Å². The quantitative estimate of drug-likeness (QED) is 0.813. The number of hydrogen-bond donors (Lipinski definition) is 1. The standard InChI is InChI=1S/C13H13N3O/c1-8-5-10(7-17-8)13-15-11-4-2-3-9(6-14)12(11)16-13/h2-4,8,10H,5,7H2,1H3,(H,15,16). The van der Waals surface area contributed by atoms with Crippen LogP contribution < -0.4 is 0 Å². The fourth-order valence-corrected chi connectivity index (χ4v) is 2.34. The Morgan fingerprint density at radius 1 is 1.53 bits per heavy atom. The first-order valence-corrected chi connectivity index (χ1v) is 5.78. The smallest absolute Gasteiger partial charge is 0.112 e. The van der Waals surface area contributed by atoms with Crippen molar-refractivity contribution in [2.75, 3.05) is 6.61 Å². The fourth-order valence-electron chi connectivity index (χ4n) is 2.34. The lowest BCUT2D eigenvalue weighted by atomic mass is 10.1. The van der Waals surface area contributed by atoms with Gasteiger partial charge in [-0.25, -0.2) is 4.98 Å². The van der Waals surface area contributed by atoms with Crippen molar-refractivity contribution in [1.29, 1.82) is 5.26 Å². The highest BCUT2D eigenvalue weighted by Gasteiger charge is 2.26. The summed E-state index contributed by atoms with van der Waals surface area (Å²) in [6.45, 7) is 2.78. The molecule has 0 spiro atoms. The van der Waals surface area contributed by atoms with Gasteiger partial charge in [0.25, 0.3) is 0 Å². The molecule has 86 valence electrons. The van der Waals surface area contributed by atoms with E-state index in [-0.39, 0.29) is 0 Å². The summed E-state index contributed by atoms with van der Waals surface area (Å²) in [4.78, 5) is 7.83. The van der Waals surface area contributed by atoms with Crippen LogP contribution in [0.25, 0.3) is 11.0 Å². The molecule has 1 aliphatic rings. The Labute approximate surface area is 99.2 Å². The maximum atomic E-state index is 9.02. The first-order chi connectivity index (χ1) is 8.28. The molecule has 0 bridgehead atoms. The molecule has 0 amide bonds. The van der Waals surface area contributed by atoms with E-state index in [1.165, 1.54) is 0 Å². The third-order valence-corrected chi connectivity index (χ3v) is 3.24. The Balaban J connectivity index is 2.05. The Morgan fingerprint density at radius 2 is 2.41 bits per heavy atom. The van der Waals surface area contributed by atoms with Gasteiger partial charge in [-0.1, -0.05) is 6.07 Å². The molecule has 2 atom stereocenters. The molecule has 1 N–H and O–H groups in total. The zero-order valence-corrected chi connectivity index (χ0v) is 9.60. The predicted octanol–water partition coefficient (Wildman–Crippen LogP) is 2.33. The average molecular weight is 227 g/mol. The van der Waals surface area contributed by atoms with Crippen LogP contribution in [0.1, 0.15) is 30.7 Å². The van der Waals surface area contributed by atoms with E-state index in [9.17, 15) is 0 Å². The summed E-state index contributed by atoms with van der Waals surface area (Å²) in [6.07, 6.45) is 1.28. The summed E-state index contributed by atoms with van der Waals surface area (Å²) in [5.41, 5.74) is 2.32. The third-order valence-electron chi connectivity index (χ3n) is 3.24. The van der Waals surface area contributed by atoms with Crippen LogP contribution in [0.5, 0.6) is 0 Å². The molecule has 1 aliphatic heterocycles. The fraction of sp³-hybridized carbons (Fsp3) is 0.385. The first-order valence-electron chi connectivity index (χ1n) is 5.78. The van der Waals surface area contributed by atoms with Crippen LogP contribution in [0, 0.1) is 11.3 Å². The second-order valence-corrected chi connectivity index (χ2v) is 4.51. The van der Waals surface area contributed by atoms with Crippen molar-refractivity contribution in [2.45, 2.75) is 25.4 Å². The van der Waals surface area contributed by atoms with Crippen LogP contribution >= 0.6 is 0 Å². The summed E-state index contributed by atoms with van der Waals surface area (Å²) >= 11 is 0. The number of nitriles is 1. The normalized spacial score (nSPS) is 24.0. The molecule has 2 unspecified atom stereocenters. The summed E-state index contributed by atoms with van der Waals surface area (Å²) in [6, 6.07) is 7.78.